The Kier molecular flexibility index (Phi) is 5.27. The Balaban J connectivity index is 1.57. The molecule has 0 aliphatic rings. The van der Waals surface area contributed by atoms with Crippen LogP contribution >= 0.6 is 11.6 Å². The lowest BCUT2D eigenvalue weighted by Gasteiger charge is -2.24. The SMILES string of the molecule is CC(C)N(Cc1nnc(-c2ccc(Cl)cc2)o1)C(=O)c1ccc2ccccc2n1. The second kappa shape index (κ2) is 8.01. The Bertz CT molecular complexity index is 1150. The van der Waals surface area contributed by atoms with E-state index < -0.39 is 0 Å². The van der Waals surface area contributed by atoms with Crippen LogP contribution in [0.5, 0.6) is 0 Å². The van der Waals surface area contributed by atoms with Crippen LogP contribution in [0.25, 0.3) is 22.4 Å². The molecule has 0 radical (unpaired) electrons. The maximum atomic E-state index is 13.1. The summed E-state index contributed by atoms with van der Waals surface area (Å²) in [6, 6.07) is 18.4. The van der Waals surface area contributed by atoms with Crippen molar-refractivity contribution in [3.8, 4) is 11.5 Å². The van der Waals surface area contributed by atoms with E-state index in [1.165, 1.54) is 0 Å². The molecular formula is C22H19ClN4O2. The van der Waals surface area contributed by atoms with Gasteiger partial charge in [-0.3, -0.25) is 4.79 Å². The molecule has 0 unspecified atom stereocenters. The van der Waals surface area contributed by atoms with E-state index in [2.05, 4.69) is 15.2 Å². The fourth-order valence-corrected chi connectivity index (χ4v) is 3.12. The Morgan fingerprint density at radius 1 is 1.03 bits per heavy atom. The van der Waals surface area contributed by atoms with Crippen LogP contribution in [0.2, 0.25) is 5.02 Å². The van der Waals surface area contributed by atoms with Crippen LogP contribution in [0, 0.1) is 0 Å². The maximum absolute atomic E-state index is 13.1. The largest absolute Gasteiger partial charge is 0.419 e. The van der Waals surface area contributed by atoms with Gasteiger partial charge in [-0.1, -0.05) is 35.9 Å². The van der Waals surface area contributed by atoms with E-state index in [9.17, 15) is 4.79 Å². The number of carbonyl (C=O) groups excluding carboxylic acids is 1. The number of aromatic nitrogens is 3. The number of halogens is 1. The highest BCUT2D eigenvalue weighted by molar-refractivity contribution is 6.30. The van der Waals surface area contributed by atoms with Crippen LogP contribution in [-0.4, -0.2) is 32.0 Å². The lowest BCUT2D eigenvalue weighted by atomic mass is 10.2. The van der Waals surface area contributed by atoms with E-state index >= 15 is 0 Å². The summed E-state index contributed by atoms with van der Waals surface area (Å²) in [5.74, 6) is 0.562. The van der Waals surface area contributed by atoms with Crippen LogP contribution in [0.4, 0.5) is 0 Å². The molecular weight excluding hydrogens is 388 g/mol. The highest BCUT2D eigenvalue weighted by atomic mass is 35.5. The Hall–Kier alpha value is -3.25. The molecule has 0 aliphatic carbocycles. The van der Waals surface area contributed by atoms with Gasteiger partial charge in [-0.25, -0.2) is 4.98 Å². The van der Waals surface area contributed by atoms with Gasteiger partial charge in [0.1, 0.15) is 5.69 Å². The average Bonchev–Trinajstić information content (AvgIpc) is 3.20. The summed E-state index contributed by atoms with van der Waals surface area (Å²) in [5, 5.41) is 9.81. The molecule has 29 heavy (non-hydrogen) atoms. The van der Waals surface area contributed by atoms with Crippen LogP contribution in [0.3, 0.4) is 0 Å². The van der Waals surface area contributed by atoms with E-state index in [0.29, 0.717) is 22.5 Å². The zero-order chi connectivity index (χ0) is 20.4. The highest BCUT2D eigenvalue weighted by Crippen LogP contribution is 2.22. The number of pyridine rings is 1. The standard InChI is InChI=1S/C22H19ClN4O2/c1-14(2)27(22(28)19-12-9-15-5-3-4-6-18(15)24-19)13-20-25-26-21(29-20)16-7-10-17(23)11-8-16/h3-12,14H,13H2,1-2H3. The molecule has 2 aromatic carbocycles. The number of para-hydroxylation sites is 1. The minimum atomic E-state index is -0.183. The lowest BCUT2D eigenvalue weighted by molar-refractivity contribution is 0.0667. The molecule has 6 nitrogen and oxygen atoms in total. The molecule has 0 saturated heterocycles. The topological polar surface area (TPSA) is 72.1 Å². The van der Waals surface area contributed by atoms with Gasteiger partial charge < -0.3 is 9.32 Å². The molecule has 0 fully saturated rings. The second-order valence-corrected chi connectivity index (χ2v) is 7.36. The number of hydrogen-bond acceptors (Lipinski definition) is 5. The van der Waals surface area contributed by atoms with Gasteiger partial charge in [0.15, 0.2) is 0 Å². The van der Waals surface area contributed by atoms with Crippen LogP contribution in [0.1, 0.15) is 30.2 Å². The summed E-state index contributed by atoms with van der Waals surface area (Å²) in [4.78, 5) is 19.3. The first-order chi connectivity index (χ1) is 14.0. The molecule has 2 aromatic heterocycles. The van der Waals surface area contributed by atoms with Crippen molar-refractivity contribution >= 4 is 28.4 Å². The molecule has 0 saturated carbocycles. The number of benzene rings is 2. The molecule has 146 valence electrons. The van der Waals surface area contributed by atoms with Crippen LogP contribution in [-0.2, 0) is 6.54 Å². The molecule has 0 atom stereocenters. The summed E-state index contributed by atoms with van der Waals surface area (Å²) >= 11 is 5.92. The molecule has 0 N–H and O–H groups in total. The fourth-order valence-electron chi connectivity index (χ4n) is 2.99. The molecule has 4 aromatic rings. The normalized spacial score (nSPS) is 11.2. The summed E-state index contributed by atoms with van der Waals surface area (Å²) in [5.41, 5.74) is 1.94. The number of amides is 1. The van der Waals surface area contributed by atoms with Crippen molar-refractivity contribution in [2.75, 3.05) is 0 Å². The van der Waals surface area contributed by atoms with Crippen molar-refractivity contribution in [1.82, 2.24) is 20.1 Å². The quantitative estimate of drug-likeness (QED) is 0.467. The van der Waals surface area contributed by atoms with Gasteiger partial charge in [0.25, 0.3) is 5.91 Å². The van der Waals surface area contributed by atoms with E-state index in [1.54, 1.807) is 23.1 Å². The van der Waals surface area contributed by atoms with Crippen molar-refractivity contribution in [2.45, 2.75) is 26.4 Å². The summed E-state index contributed by atoms with van der Waals surface area (Å²) in [7, 11) is 0. The monoisotopic (exact) mass is 406 g/mol. The third-order valence-corrected chi connectivity index (χ3v) is 4.82. The summed E-state index contributed by atoms with van der Waals surface area (Å²) in [6.07, 6.45) is 0. The minimum Gasteiger partial charge on any atom is -0.419 e. The van der Waals surface area contributed by atoms with Crippen molar-refractivity contribution in [1.29, 1.82) is 0 Å². The van der Waals surface area contributed by atoms with E-state index in [0.717, 1.165) is 16.5 Å². The van der Waals surface area contributed by atoms with E-state index in [-0.39, 0.29) is 18.5 Å². The number of hydrogen-bond donors (Lipinski definition) is 0. The number of fused-ring (bicyclic) bond motifs is 1. The van der Waals surface area contributed by atoms with Gasteiger partial charge in [0, 0.05) is 22.0 Å². The third kappa shape index (κ3) is 4.12. The van der Waals surface area contributed by atoms with Crippen molar-refractivity contribution in [2.24, 2.45) is 0 Å². The van der Waals surface area contributed by atoms with Gasteiger partial charge in [-0.15, -0.1) is 10.2 Å². The first-order valence-corrected chi connectivity index (χ1v) is 9.64. The van der Waals surface area contributed by atoms with Crippen molar-refractivity contribution in [3.05, 3.63) is 77.3 Å². The number of rotatable bonds is 5. The van der Waals surface area contributed by atoms with E-state index in [1.807, 2.05) is 56.3 Å². The Morgan fingerprint density at radius 2 is 1.79 bits per heavy atom. The number of nitrogens with zero attached hydrogens (tertiary/aromatic N) is 4. The van der Waals surface area contributed by atoms with Crippen LogP contribution in [0.15, 0.2) is 65.1 Å². The molecule has 0 spiro atoms. The Morgan fingerprint density at radius 3 is 2.55 bits per heavy atom. The smallest absolute Gasteiger partial charge is 0.273 e. The second-order valence-electron chi connectivity index (χ2n) is 6.92. The van der Waals surface area contributed by atoms with Gasteiger partial charge in [0.05, 0.1) is 12.1 Å². The van der Waals surface area contributed by atoms with Gasteiger partial charge >= 0.3 is 0 Å². The molecule has 1 amide bonds. The van der Waals surface area contributed by atoms with Gasteiger partial charge in [-0.2, -0.15) is 0 Å². The third-order valence-electron chi connectivity index (χ3n) is 4.57. The van der Waals surface area contributed by atoms with Crippen molar-refractivity contribution in [3.63, 3.8) is 0 Å². The predicted octanol–water partition coefficient (Wildman–Crippen LogP) is 4.99. The fraction of sp³-hybridized carbons (Fsp3) is 0.182. The number of carbonyl (C=O) groups is 1. The first kappa shape index (κ1) is 19.1. The molecule has 2 heterocycles. The van der Waals surface area contributed by atoms with Gasteiger partial charge in [0.2, 0.25) is 11.8 Å². The van der Waals surface area contributed by atoms with Crippen LogP contribution < -0.4 is 0 Å². The Labute approximate surface area is 173 Å². The predicted molar refractivity (Wildman–Crippen MR) is 111 cm³/mol. The lowest BCUT2D eigenvalue weighted by Crippen LogP contribution is -2.37. The average molecular weight is 407 g/mol. The summed E-state index contributed by atoms with van der Waals surface area (Å²) in [6.45, 7) is 4.08. The van der Waals surface area contributed by atoms with Crippen molar-refractivity contribution < 1.29 is 9.21 Å². The van der Waals surface area contributed by atoms with Gasteiger partial charge in [-0.05, 0) is 50.2 Å². The molecule has 0 aliphatic heterocycles. The maximum Gasteiger partial charge on any atom is 0.273 e. The zero-order valence-electron chi connectivity index (χ0n) is 16.0. The summed E-state index contributed by atoms with van der Waals surface area (Å²) < 4.78 is 5.77. The zero-order valence-corrected chi connectivity index (χ0v) is 16.8. The molecule has 0 bridgehead atoms. The highest BCUT2D eigenvalue weighted by Gasteiger charge is 2.23. The molecule has 7 heteroatoms. The molecule has 4 rings (SSSR count). The first-order valence-electron chi connectivity index (χ1n) is 9.26. The van der Waals surface area contributed by atoms with E-state index in [4.69, 9.17) is 16.0 Å². The minimum absolute atomic E-state index is 0.0679.